The minimum atomic E-state index is -0.344. The van der Waals surface area contributed by atoms with Gasteiger partial charge in [-0.05, 0) is 57.9 Å². The zero-order chi connectivity index (χ0) is 15.7. The standard InChI is InChI=1S/C16H25BN2O2/c1-15(2)16(3,4)21-17(20-15)13(11-19-5)9-12-7-6-8-14(18)10-12/h6-10,19H,11,18H2,1-5H3. The van der Waals surface area contributed by atoms with Gasteiger partial charge in [0.05, 0.1) is 11.2 Å². The maximum absolute atomic E-state index is 6.12. The van der Waals surface area contributed by atoms with Crippen LogP contribution in [0.1, 0.15) is 33.3 Å². The van der Waals surface area contributed by atoms with Crippen molar-refractivity contribution in [2.45, 2.75) is 38.9 Å². The second-order valence-corrected chi connectivity index (χ2v) is 6.51. The molecule has 4 nitrogen and oxygen atoms in total. The van der Waals surface area contributed by atoms with Crippen molar-refractivity contribution in [3.05, 3.63) is 35.3 Å². The third kappa shape index (κ3) is 3.48. The van der Waals surface area contributed by atoms with Gasteiger partial charge in [-0.15, -0.1) is 0 Å². The fourth-order valence-corrected chi connectivity index (χ4v) is 2.26. The summed E-state index contributed by atoms with van der Waals surface area (Å²) in [6.07, 6.45) is 2.08. The van der Waals surface area contributed by atoms with Crippen molar-refractivity contribution in [3.63, 3.8) is 0 Å². The van der Waals surface area contributed by atoms with Gasteiger partial charge in [0.15, 0.2) is 0 Å². The predicted octanol–water partition coefficient (Wildman–Crippen LogP) is 2.50. The third-order valence-corrected chi connectivity index (χ3v) is 4.20. The highest BCUT2D eigenvalue weighted by Crippen LogP contribution is 2.38. The van der Waals surface area contributed by atoms with Crippen LogP contribution in [0.4, 0.5) is 5.69 Å². The Labute approximate surface area is 127 Å². The molecule has 21 heavy (non-hydrogen) atoms. The molecule has 3 N–H and O–H groups in total. The number of nitrogen functional groups attached to an aromatic ring is 1. The molecule has 0 aromatic heterocycles. The molecule has 114 valence electrons. The van der Waals surface area contributed by atoms with Gasteiger partial charge >= 0.3 is 7.12 Å². The Hall–Kier alpha value is -1.30. The van der Waals surface area contributed by atoms with Gasteiger partial charge in [-0.2, -0.15) is 0 Å². The fourth-order valence-electron chi connectivity index (χ4n) is 2.26. The van der Waals surface area contributed by atoms with Crippen LogP contribution >= 0.6 is 0 Å². The minimum Gasteiger partial charge on any atom is -0.400 e. The summed E-state index contributed by atoms with van der Waals surface area (Å²) in [5, 5.41) is 3.17. The summed E-state index contributed by atoms with van der Waals surface area (Å²) in [4.78, 5) is 0. The molecule has 0 spiro atoms. The number of nitrogens with one attached hydrogen (secondary N) is 1. The average Bonchev–Trinajstić information content (AvgIpc) is 2.58. The van der Waals surface area contributed by atoms with Gasteiger partial charge < -0.3 is 20.4 Å². The zero-order valence-electron chi connectivity index (χ0n) is 13.6. The highest BCUT2D eigenvalue weighted by atomic mass is 16.7. The molecule has 0 unspecified atom stereocenters. The van der Waals surface area contributed by atoms with Crippen LogP contribution in [0.3, 0.4) is 0 Å². The van der Waals surface area contributed by atoms with E-state index in [1.807, 2.05) is 31.3 Å². The van der Waals surface area contributed by atoms with Gasteiger partial charge in [-0.3, -0.25) is 0 Å². The number of likely N-dealkylation sites (N-methyl/N-ethyl adjacent to an activating group) is 1. The highest BCUT2D eigenvalue weighted by molar-refractivity contribution is 6.55. The lowest BCUT2D eigenvalue weighted by Gasteiger charge is -2.32. The number of hydrogen-bond acceptors (Lipinski definition) is 4. The normalized spacial score (nSPS) is 20.8. The quantitative estimate of drug-likeness (QED) is 0.660. The molecule has 5 heteroatoms. The second-order valence-electron chi connectivity index (χ2n) is 6.51. The molecule has 1 aromatic rings. The Bertz CT molecular complexity index is 525. The fraction of sp³-hybridized carbons (Fsp3) is 0.500. The number of hydrogen-bond donors (Lipinski definition) is 2. The van der Waals surface area contributed by atoms with Crippen molar-refractivity contribution in [2.24, 2.45) is 0 Å². The van der Waals surface area contributed by atoms with E-state index in [2.05, 4.69) is 39.1 Å². The molecule has 0 atom stereocenters. The molecule has 1 fully saturated rings. The molecule has 1 aliphatic heterocycles. The maximum Gasteiger partial charge on any atom is 0.491 e. The molecule has 0 saturated carbocycles. The third-order valence-electron chi connectivity index (χ3n) is 4.20. The molecule has 0 amide bonds. The number of rotatable bonds is 4. The largest absolute Gasteiger partial charge is 0.491 e. The van der Waals surface area contributed by atoms with Crippen LogP contribution in [-0.2, 0) is 9.31 Å². The van der Waals surface area contributed by atoms with Crippen molar-refractivity contribution in [2.75, 3.05) is 19.3 Å². The Morgan fingerprint density at radius 2 is 1.86 bits per heavy atom. The monoisotopic (exact) mass is 288 g/mol. The molecular weight excluding hydrogens is 263 g/mol. The summed E-state index contributed by atoms with van der Waals surface area (Å²) in [6, 6.07) is 7.80. The van der Waals surface area contributed by atoms with Gasteiger partial charge in [0, 0.05) is 12.2 Å². The molecule has 2 rings (SSSR count). The van der Waals surface area contributed by atoms with E-state index in [9.17, 15) is 0 Å². The average molecular weight is 288 g/mol. The number of nitrogens with two attached hydrogens (primary N) is 1. The van der Waals surface area contributed by atoms with E-state index in [1.54, 1.807) is 0 Å². The lowest BCUT2D eigenvalue weighted by atomic mass is 9.77. The van der Waals surface area contributed by atoms with Gasteiger partial charge in [0.1, 0.15) is 0 Å². The molecular formula is C16H25BN2O2. The smallest absolute Gasteiger partial charge is 0.400 e. The predicted molar refractivity (Wildman–Crippen MR) is 88.8 cm³/mol. The van der Waals surface area contributed by atoms with Crippen molar-refractivity contribution >= 4 is 18.9 Å². The van der Waals surface area contributed by atoms with Gasteiger partial charge in [-0.1, -0.05) is 18.2 Å². The maximum atomic E-state index is 6.12. The summed E-state index contributed by atoms with van der Waals surface area (Å²) >= 11 is 0. The van der Waals surface area contributed by atoms with Gasteiger partial charge in [0.2, 0.25) is 0 Å². The van der Waals surface area contributed by atoms with E-state index in [0.29, 0.717) is 6.54 Å². The Morgan fingerprint density at radius 1 is 1.24 bits per heavy atom. The number of anilines is 1. The van der Waals surface area contributed by atoms with E-state index in [0.717, 1.165) is 16.7 Å². The molecule has 1 aromatic carbocycles. The minimum absolute atomic E-state index is 0.333. The first-order valence-electron chi connectivity index (χ1n) is 7.31. The van der Waals surface area contributed by atoms with E-state index in [-0.39, 0.29) is 18.3 Å². The first-order chi connectivity index (χ1) is 9.75. The SMILES string of the molecule is CNCC(=Cc1cccc(N)c1)B1OC(C)(C)C(C)(C)O1. The summed E-state index contributed by atoms with van der Waals surface area (Å²) < 4.78 is 12.2. The van der Waals surface area contributed by atoms with Crippen LogP contribution < -0.4 is 11.1 Å². The Kier molecular flexibility index (Phi) is 4.47. The number of benzene rings is 1. The first-order valence-corrected chi connectivity index (χ1v) is 7.31. The Morgan fingerprint density at radius 3 is 2.38 bits per heavy atom. The van der Waals surface area contributed by atoms with Crippen molar-refractivity contribution in [1.82, 2.24) is 5.32 Å². The summed E-state index contributed by atoms with van der Waals surface area (Å²) in [7, 11) is 1.57. The topological polar surface area (TPSA) is 56.5 Å². The van der Waals surface area contributed by atoms with E-state index in [4.69, 9.17) is 15.0 Å². The van der Waals surface area contributed by atoms with E-state index >= 15 is 0 Å². The molecule has 1 aliphatic rings. The lowest BCUT2D eigenvalue weighted by Crippen LogP contribution is -2.41. The van der Waals surface area contributed by atoms with Crippen molar-refractivity contribution < 1.29 is 9.31 Å². The second kappa shape index (κ2) is 5.83. The van der Waals surface area contributed by atoms with Crippen LogP contribution in [0.5, 0.6) is 0 Å². The van der Waals surface area contributed by atoms with Gasteiger partial charge in [-0.25, -0.2) is 0 Å². The molecule has 1 saturated heterocycles. The molecule has 0 radical (unpaired) electrons. The van der Waals surface area contributed by atoms with E-state index in [1.165, 1.54) is 0 Å². The van der Waals surface area contributed by atoms with Crippen LogP contribution in [-0.4, -0.2) is 31.9 Å². The summed E-state index contributed by atoms with van der Waals surface area (Å²) in [5.74, 6) is 0. The van der Waals surface area contributed by atoms with Crippen molar-refractivity contribution in [3.8, 4) is 0 Å². The zero-order valence-corrected chi connectivity index (χ0v) is 13.6. The molecule has 0 bridgehead atoms. The Balaban J connectivity index is 2.28. The van der Waals surface area contributed by atoms with Crippen LogP contribution in [0.25, 0.3) is 6.08 Å². The van der Waals surface area contributed by atoms with Gasteiger partial charge in [0.25, 0.3) is 0 Å². The van der Waals surface area contributed by atoms with Crippen LogP contribution in [0.15, 0.2) is 29.7 Å². The van der Waals surface area contributed by atoms with E-state index < -0.39 is 0 Å². The van der Waals surface area contributed by atoms with Crippen molar-refractivity contribution in [1.29, 1.82) is 0 Å². The summed E-state index contributed by atoms with van der Waals surface area (Å²) in [6.45, 7) is 8.94. The van der Waals surface area contributed by atoms with Crippen LogP contribution in [0, 0.1) is 0 Å². The van der Waals surface area contributed by atoms with Crippen LogP contribution in [0.2, 0.25) is 0 Å². The lowest BCUT2D eigenvalue weighted by molar-refractivity contribution is 0.00578. The first kappa shape index (κ1) is 16.1. The molecule has 0 aliphatic carbocycles. The highest BCUT2D eigenvalue weighted by Gasteiger charge is 2.52. The molecule has 1 heterocycles. The summed E-state index contributed by atoms with van der Waals surface area (Å²) in [5.41, 5.74) is 8.03.